The first-order valence-electron chi connectivity index (χ1n) is 6.94. The molecule has 1 aromatic carbocycles. The van der Waals surface area contributed by atoms with E-state index in [0.29, 0.717) is 5.92 Å². The Bertz CT molecular complexity index is 544. The van der Waals surface area contributed by atoms with Crippen LogP contribution in [0.5, 0.6) is 0 Å². The van der Waals surface area contributed by atoms with E-state index in [2.05, 4.69) is 48.4 Å². The summed E-state index contributed by atoms with van der Waals surface area (Å²) in [5.41, 5.74) is 2.43. The zero-order chi connectivity index (χ0) is 14.5. The first kappa shape index (κ1) is 14.3. The number of hydrogen-bond donors (Lipinski definition) is 1. The van der Waals surface area contributed by atoms with Crippen LogP contribution < -0.4 is 5.32 Å². The Kier molecular flexibility index (Phi) is 4.56. The second kappa shape index (κ2) is 6.37. The number of imidazole rings is 1. The molecule has 0 aliphatic carbocycles. The Morgan fingerprint density at radius 3 is 2.50 bits per heavy atom. The topological polar surface area (TPSA) is 46.9 Å². The number of benzene rings is 1. The van der Waals surface area contributed by atoms with E-state index in [9.17, 15) is 4.79 Å². The third kappa shape index (κ3) is 3.70. The van der Waals surface area contributed by atoms with E-state index in [0.717, 1.165) is 12.0 Å². The van der Waals surface area contributed by atoms with Gasteiger partial charge in [-0.2, -0.15) is 0 Å². The van der Waals surface area contributed by atoms with Crippen LogP contribution in [-0.4, -0.2) is 15.6 Å². The molecule has 1 heterocycles. The molecule has 4 heteroatoms. The third-order valence-electron chi connectivity index (χ3n) is 3.20. The molecule has 1 unspecified atom stereocenters. The van der Waals surface area contributed by atoms with Gasteiger partial charge >= 0.3 is 6.03 Å². The van der Waals surface area contributed by atoms with Gasteiger partial charge in [-0.05, 0) is 30.4 Å². The summed E-state index contributed by atoms with van der Waals surface area (Å²) in [6.45, 7) is 6.40. The molecule has 4 nitrogen and oxygen atoms in total. The van der Waals surface area contributed by atoms with E-state index >= 15 is 0 Å². The summed E-state index contributed by atoms with van der Waals surface area (Å²) in [6, 6.07) is 8.23. The maximum atomic E-state index is 11.9. The SMILES string of the molecule is CC(C)Cc1ccc(C(C)NC(=O)n2ccnc2)cc1. The number of hydrogen-bond acceptors (Lipinski definition) is 2. The van der Waals surface area contributed by atoms with Crippen LogP contribution in [0, 0.1) is 5.92 Å². The normalized spacial score (nSPS) is 12.4. The second-order valence-corrected chi connectivity index (χ2v) is 5.48. The van der Waals surface area contributed by atoms with Crippen molar-refractivity contribution in [1.29, 1.82) is 0 Å². The van der Waals surface area contributed by atoms with Crippen molar-refractivity contribution in [1.82, 2.24) is 14.9 Å². The van der Waals surface area contributed by atoms with Crippen molar-refractivity contribution < 1.29 is 4.79 Å². The Morgan fingerprint density at radius 2 is 1.95 bits per heavy atom. The highest BCUT2D eigenvalue weighted by Crippen LogP contribution is 2.15. The van der Waals surface area contributed by atoms with Gasteiger partial charge in [0.05, 0.1) is 6.04 Å². The maximum Gasteiger partial charge on any atom is 0.327 e. The van der Waals surface area contributed by atoms with Gasteiger partial charge in [0.15, 0.2) is 0 Å². The molecule has 0 bridgehead atoms. The Balaban J connectivity index is 1.98. The van der Waals surface area contributed by atoms with E-state index in [1.807, 2.05) is 6.92 Å². The van der Waals surface area contributed by atoms with E-state index in [1.165, 1.54) is 16.5 Å². The fraction of sp³-hybridized carbons (Fsp3) is 0.375. The number of amides is 1. The van der Waals surface area contributed by atoms with Gasteiger partial charge < -0.3 is 5.32 Å². The molecule has 2 aromatic rings. The van der Waals surface area contributed by atoms with Crippen molar-refractivity contribution in [3.8, 4) is 0 Å². The molecule has 0 fully saturated rings. The smallest absolute Gasteiger partial charge is 0.327 e. The molecule has 20 heavy (non-hydrogen) atoms. The van der Waals surface area contributed by atoms with Gasteiger partial charge in [0.2, 0.25) is 0 Å². The Morgan fingerprint density at radius 1 is 1.25 bits per heavy atom. The lowest BCUT2D eigenvalue weighted by Gasteiger charge is -2.15. The summed E-state index contributed by atoms with van der Waals surface area (Å²) in [5, 5.41) is 2.94. The minimum absolute atomic E-state index is 0.0296. The average Bonchev–Trinajstić information content (AvgIpc) is 2.92. The molecule has 2 rings (SSSR count). The largest absolute Gasteiger partial charge is 0.331 e. The lowest BCUT2D eigenvalue weighted by molar-refractivity contribution is 0.239. The number of carbonyl (C=O) groups is 1. The number of rotatable bonds is 4. The van der Waals surface area contributed by atoms with Crippen molar-refractivity contribution in [3.63, 3.8) is 0 Å². The van der Waals surface area contributed by atoms with Crippen molar-refractivity contribution in [2.75, 3.05) is 0 Å². The van der Waals surface area contributed by atoms with Crippen LogP contribution in [0.25, 0.3) is 0 Å². The van der Waals surface area contributed by atoms with Crippen LogP contribution in [0.2, 0.25) is 0 Å². The molecule has 0 radical (unpaired) electrons. The Labute approximate surface area is 119 Å². The summed E-state index contributed by atoms with van der Waals surface area (Å²) < 4.78 is 1.43. The van der Waals surface area contributed by atoms with Gasteiger partial charge in [0, 0.05) is 12.4 Å². The predicted molar refractivity (Wildman–Crippen MR) is 79.6 cm³/mol. The molecule has 106 valence electrons. The first-order chi connectivity index (χ1) is 9.56. The van der Waals surface area contributed by atoms with E-state index in [4.69, 9.17) is 0 Å². The molecule has 0 saturated heterocycles. The minimum Gasteiger partial charge on any atom is -0.331 e. The number of carbonyl (C=O) groups excluding carboxylic acids is 1. The zero-order valence-corrected chi connectivity index (χ0v) is 12.2. The zero-order valence-electron chi connectivity index (χ0n) is 12.2. The average molecular weight is 271 g/mol. The summed E-state index contributed by atoms with van der Waals surface area (Å²) >= 11 is 0. The summed E-state index contributed by atoms with van der Waals surface area (Å²) in [7, 11) is 0. The molecule has 0 aliphatic heterocycles. The quantitative estimate of drug-likeness (QED) is 0.926. The highest BCUT2D eigenvalue weighted by atomic mass is 16.2. The fourth-order valence-corrected chi connectivity index (χ4v) is 2.14. The number of aromatic nitrogens is 2. The van der Waals surface area contributed by atoms with E-state index < -0.39 is 0 Å². The molecule has 1 aromatic heterocycles. The standard InChI is InChI=1S/C16H21N3O/c1-12(2)10-14-4-6-15(7-5-14)13(3)18-16(20)19-9-8-17-11-19/h4-9,11-13H,10H2,1-3H3,(H,18,20). The molecular weight excluding hydrogens is 250 g/mol. The van der Waals surface area contributed by atoms with Crippen LogP contribution in [0.1, 0.15) is 37.9 Å². The lowest BCUT2D eigenvalue weighted by Crippen LogP contribution is -2.30. The maximum absolute atomic E-state index is 11.9. The van der Waals surface area contributed by atoms with Crippen molar-refractivity contribution in [2.45, 2.75) is 33.2 Å². The van der Waals surface area contributed by atoms with Gasteiger partial charge in [0.1, 0.15) is 6.33 Å². The van der Waals surface area contributed by atoms with Crippen LogP contribution >= 0.6 is 0 Å². The number of nitrogens with one attached hydrogen (secondary N) is 1. The molecule has 0 spiro atoms. The molecule has 0 aliphatic rings. The first-order valence-corrected chi connectivity index (χ1v) is 6.94. The van der Waals surface area contributed by atoms with Gasteiger partial charge in [0.25, 0.3) is 0 Å². The molecular formula is C16H21N3O. The van der Waals surface area contributed by atoms with Crippen LogP contribution in [-0.2, 0) is 6.42 Å². The van der Waals surface area contributed by atoms with Gasteiger partial charge in [-0.3, -0.25) is 4.57 Å². The molecule has 0 saturated carbocycles. The summed E-state index contributed by atoms with van der Waals surface area (Å²) in [6.07, 6.45) is 5.79. The van der Waals surface area contributed by atoms with Crippen LogP contribution in [0.3, 0.4) is 0 Å². The van der Waals surface area contributed by atoms with Crippen LogP contribution in [0.4, 0.5) is 4.79 Å². The lowest BCUT2D eigenvalue weighted by atomic mass is 10.00. The van der Waals surface area contributed by atoms with Gasteiger partial charge in [-0.1, -0.05) is 38.1 Å². The van der Waals surface area contributed by atoms with E-state index in [1.54, 1.807) is 12.4 Å². The fourth-order valence-electron chi connectivity index (χ4n) is 2.14. The monoisotopic (exact) mass is 271 g/mol. The molecule has 1 N–H and O–H groups in total. The van der Waals surface area contributed by atoms with Crippen LogP contribution in [0.15, 0.2) is 43.0 Å². The third-order valence-corrected chi connectivity index (χ3v) is 3.20. The Hall–Kier alpha value is -2.10. The van der Waals surface area contributed by atoms with Crippen molar-refractivity contribution in [3.05, 3.63) is 54.1 Å². The predicted octanol–water partition coefficient (Wildman–Crippen LogP) is 3.40. The molecule has 1 atom stereocenters. The summed E-state index contributed by atoms with van der Waals surface area (Å²) in [5.74, 6) is 0.652. The highest BCUT2D eigenvalue weighted by Gasteiger charge is 2.10. The van der Waals surface area contributed by atoms with Crippen molar-refractivity contribution in [2.24, 2.45) is 5.92 Å². The van der Waals surface area contributed by atoms with E-state index in [-0.39, 0.29) is 12.1 Å². The number of nitrogens with zero attached hydrogens (tertiary/aromatic N) is 2. The summed E-state index contributed by atoms with van der Waals surface area (Å²) in [4.78, 5) is 15.8. The molecule has 1 amide bonds. The highest BCUT2D eigenvalue weighted by molar-refractivity contribution is 5.76. The van der Waals surface area contributed by atoms with Gasteiger partial charge in [-0.25, -0.2) is 9.78 Å². The van der Waals surface area contributed by atoms with Gasteiger partial charge in [-0.15, -0.1) is 0 Å². The second-order valence-electron chi connectivity index (χ2n) is 5.48. The minimum atomic E-state index is -0.166. The van der Waals surface area contributed by atoms with Crippen molar-refractivity contribution >= 4 is 6.03 Å².